The molecule has 158 valence electrons. The highest BCUT2D eigenvalue weighted by atomic mass is 32.2. The number of Topliss-reactive ketones (excluding diaryl/α,β-unsaturated/α-hetero) is 1. The Morgan fingerprint density at radius 2 is 1.87 bits per heavy atom. The van der Waals surface area contributed by atoms with Crippen LogP contribution in [-0.2, 0) is 6.54 Å². The van der Waals surface area contributed by atoms with Gasteiger partial charge in [-0.25, -0.2) is 0 Å². The van der Waals surface area contributed by atoms with Gasteiger partial charge in [0, 0.05) is 23.5 Å². The Balaban J connectivity index is 1.57. The fraction of sp³-hybridized carbons (Fsp3) is 0.182. The van der Waals surface area contributed by atoms with Crippen molar-refractivity contribution in [3.63, 3.8) is 0 Å². The number of carbonyl (C=O) groups is 1. The number of thioether (sulfide) groups is 1. The molecule has 0 amide bonds. The summed E-state index contributed by atoms with van der Waals surface area (Å²) in [5.41, 5.74) is 1.42. The predicted octanol–water partition coefficient (Wildman–Crippen LogP) is 3.97. The van der Waals surface area contributed by atoms with Gasteiger partial charge < -0.3 is 13.9 Å². The molecule has 0 aliphatic heterocycles. The minimum absolute atomic E-state index is 0.0519. The van der Waals surface area contributed by atoms with Crippen molar-refractivity contribution in [3.05, 3.63) is 72.4 Å². The van der Waals surface area contributed by atoms with Crippen LogP contribution in [0.15, 0.2) is 70.7 Å². The van der Waals surface area contributed by atoms with E-state index in [9.17, 15) is 4.79 Å². The van der Waals surface area contributed by atoms with E-state index in [0.29, 0.717) is 34.6 Å². The molecule has 0 N–H and O–H groups in total. The van der Waals surface area contributed by atoms with E-state index in [1.54, 1.807) is 51.1 Å². The highest BCUT2D eigenvalue weighted by Crippen LogP contribution is 2.29. The molecule has 0 fully saturated rings. The van der Waals surface area contributed by atoms with E-state index in [0.717, 1.165) is 11.3 Å². The number of pyridine rings is 1. The third-order valence-electron chi connectivity index (χ3n) is 4.59. The lowest BCUT2D eigenvalue weighted by atomic mass is 10.1. The van der Waals surface area contributed by atoms with E-state index in [1.165, 1.54) is 11.8 Å². The minimum Gasteiger partial charge on any atom is -0.493 e. The first-order valence-electron chi connectivity index (χ1n) is 9.43. The number of aromatic nitrogens is 4. The quantitative estimate of drug-likeness (QED) is 0.287. The van der Waals surface area contributed by atoms with Gasteiger partial charge in [0.1, 0.15) is 5.76 Å². The Labute approximate surface area is 183 Å². The molecule has 9 heteroatoms. The summed E-state index contributed by atoms with van der Waals surface area (Å²) in [6, 6.07) is 12.6. The predicted molar refractivity (Wildman–Crippen MR) is 116 cm³/mol. The molecule has 8 nitrogen and oxygen atoms in total. The third-order valence-corrected chi connectivity index (χ3v) is 5.55. The van der Waals surface area contributed by atoms with Crippen molar-refractivity contribution in [3.8, 4) is 22.9 Å². The van der Waals surface area contributed by atoms with E-state index >= 15 is 0 Å². The zero-order valence-corrected chi connectivity index (χ0v) is 17.8. The van der Waals surface area contributed by atoms with Gasteiger partial charge in [-0.2, -0.15) is 0 Å². The van der Waals surface area contributed by atoms with Gasteiger partial charge >= 0.3 is 0 Å². The second-order valence-electron chi connectivity index (χ2n) is 6.49. The summed E-state index contributed by atoms with van der Waals surface area (Å²) in [4.78, 5) is 16.8. The van der Waals surface area contributed by atoms with E-state index < -0.39 is 0 Å². The van der Waals surface area contributed by atoms with Gasteiger partial charge in [0.25, 0.3) is 0 Å². The van der Waals surface area contributed by atoms with Crippen LogP contribution in [0.3, 0.4) is 0 Å². The van der Waals surface area contributed by atoms with Crippen molar-refractivity contribution in [2.24, 2.45) is 0 Å². The molecule has 0 atom stereocenters. The fourth-order valence-electron chi connectivity index (χ4n) is 3.03. The number of hydrogen-bond donors (Lipinski definition) is 0. The number of nitrogens with zero attached hydrogens (tertiary/aromatic N) is 4. The lowest BCUT2D eigenvalue weighted by Gasteiger charge is -2.10. The Hall–Kier alpha value is -3.59. The molecule has 0 spiro atoms. The number of benzene rings is 1. The van der Waals surface area contributed by atoms with Crippen molar-refractivity contribution < 1.29 is 18.7 Å². The molecule has 3 heterocycles. The lowest BCUT2D eigenvalue weighted by molar-refractivity contribution is 0.102. The van der Waals surface area contributed by atoms with Crippen LogP contribution in [0.25, 0.3) is 11.4 Å². The summed E-state index contributed by atoms with van der Waals surface area (Å²) in [7, 11) is 3.10. The van der Waals surface area contributed by atoms with Crippen LogP contribution < -0.4 is 9.47 Å². The molecule has 4 aromatic rings. The van der Waals surface area contributed by atoms with Crippen LogP contribution in [0.2, 0.25) is 0 Å². The Bertz CT molecular complexity index is 1160. The van der Waals surface area contributed by atoms with E-state index in [1.807, 2.05) is 28.8 Å². The van der Waals surface area contributed by atoms with Crippen LogP contribution >= 0.6 is 11.8 Å². The number of ketones is 1. The Morgan fingerprint density at radius 1 is 1.06 bits per heavy atom. The van der Waals surface area contributed by atoms with E-state index in [2.05, 4.69) is 15.2 Å². The van der Waals surface area contributed by atoms with Gasteiger partial charge in [-0.05, 0) is 42.5 Å². The first-order chi connectivity index (χ1) is 15.2. The van der Waals surface area contributed by atoms with Gasteiger partial charge in [0.05, 0.1) is 32.8 Å². The number of furan rings is 1. The second-order valence-corrected chi connectivity index (χ2v) is 7.43. The zero-order chi connectivity index (χ0) is 21.6. The third kappa shape index (κ3) is 4.61. The molecule has 1 aromatic carbocycles. The van der Waals surface area contributed by atoms with Crippen molar-refractivity contribution in [1.82, 2.24) is 19.7 Å². The van der Waals surface area contributed by atoms with Crippen LogP contribution in [0.5, 0.6) is 11.5 Å². The maximum Gasteiger partial charge on any atom is 0.192 e. The van der Waals surface area contributed by atoms with Crippen LogP contribution in [-0.4, -0.2) is 45.5 Å². The summed E-state index contributed by atoms with van der Waals surface area (Å²) >= 11 is 1.32. The molecular formula is C22H20N4O4S. The van der Waals surface area contributed by atoms with Crippen molar-refractivity contribution in [2.75, 3.05) is 20.0 Å². The van der Waals surface area contributed by atoms with Gasteiger partial charge in [-0.3, -0.25) is 14.3 Å². The Kier molecular flexibility index (Phi) is 6.32. The van der Waals surface area contributed by atoms with Crippen molar-refractivity contribution >= 4 is 17.5 Å². The molecular weight excluding hydrogens is 416 g/mol. The zero-order valence-electron chi connectivity index (χ0n) is 17.0. The fourth-order valence-corrected chi connectivity index (χ4v) is 3.87. The first-order valence-corrected chi connectivity index (χ1v) is 10.4. The van der Waals surface area contributed by atoms with E-state index in [4.69, 9.17) is 13.9 Å². The maximum atomic E-state index is 12.8. The lowest BCUT2D eigenvalue weighted by Crippen LogP contribution is -2.07. The normalized spacial score (nSPS) is 10.8. The summed E-state index contributed by atoms with van der Waals surface area (Å²) in [6.45, 7) is 0.449. The Morgan fingerprint density at radius 3 is 2.58 bits per heavy atom. The van der Waals surface area contributed by atoms with Crippen molar-refractivity contribution in [2.45, 2.75) is 11.7 Å². The number of rotatable bonds is 9. The maximum absolute atomic E-state index is 12.8. The topological polar surface area (TPSA) is 92.3 Å². The first kappa shape index (κ1) is 20.7. The summed E-state index contributed by atoms with van der Waals surface area (Å²) in [5, 5.41) is 9.28. The standard InChI is InChI=1S/C22H20N4O4S/c1-28-19-6-5-16(12-20(19)29-2)18(27)14-31-22-25-24-21(15-7-9-23-10-8-15)26(22)13-17-4-3-11-30-17/h3-12H,13-14H2,1-2H3. The number of hydrogen-bond acceptors (Lipinski definition) is 8. The molecule has 0 aliphatic carbocycles. The van der Waals surface area contributed by atoms with Gasteiger partial charge in [-0.15, -0.1) is 10.2 Å². The van der Waals surface area contributed by atoms with Crippen molar-refractivity contribution in [1.29, 1.82) is 0 Å². The summed E-state index contributed by atoms with van der Waals surface area (Å²) in [5.74, 6) is 2.68. The average Bonchev–Trinajstić information content (AvgIpc) is 3.48. The molecule has 4 rings (SSSR count). The smallest absolute Gasteiger partial charge is 0.192 e. The molecule has 0 unspecified atom stereocenters. The van der Waals surface area contributed by atoms with Crippen LogP contribution in [0.4, 0.5) is 0 Å². The van der Waals surface area contributed by atoms with Gasteiger partial charge in [0.2, 0.25) is 0 Å². The van der Waals surface area contributed by atoms with Crippen LogP contribution in [0, 0.1) is 0 Å². The van der Waals surface area contributed by atoms with Crippen LogP contribution in [0.1, 0.15) is 16.1 Å². The van der Waals surface area contributed by atoms with E-state index in [-0.39, 0.29) is 11.5 Å². The molecule has 0 saturated carbocycles. The summed E-state index contributed by atoms with van der Waals surface area (Å²) < 4.78 is 18.0. The molecule has 0 saturated heterocycles. The largest absolute Gasteiger partial charge is 0.493 e. The molecule has 31 heavy (non-hydrogen) atoms. The highest BCUT2D eigenvalue weighted by molar-refractivity contribution is 7.99. The molecule has 0 radical (unpaired) electrons. The number of ether oxygens (including phenoxy) is 2. The minimum atomic E-state index is -0.0519. The molecule has 3 aromatic heterocycles. The average molecular weight is 436 g/mol. The SMILES string of the molecule is COc1ccc(C(=O)CSc2nnc(-c3ccncc3)n2Cc2ccco2)cc1OC. The molecule has 0 aliphatic rings. The molecule has 0 bridgehead atoms. The number of methoxy groups -OCH3 is 2. The van der Waals surface area contributed by atoms with Gasteiger partial charge in [-0.1, -0.05) is 11.8 Å². The monoisotopic (exact) mass is 436 g/mol. The number of carbonyl (C=O) groups excluding carboxylic acids is 1. The van der Waals surface area contributed by atoms with Gasteiger partial charge in [0.15, 0.2) is 28.3 Å². The second kappa shape index (κ2) is 9.48. The summed E-state index contributed by atoms with van der Waals surface area (Å²) in [6.07, 6.45) is 5.03. The highest BCUT2D eigenvalue weighted by Gasteiger charge is 2.18.